The van der Waals surface area contributed by atoms with Crippen LogP contribution in [0.1, 0.15) is 28.0 Å². The number of carbonyl (C=O) groups excluding carboxylic acids is 2. The van der Waals surface area contributed by atoms with Gasteiger partial charge in [-0.2, -0.15) is 13.2 Å². The Morgan fingerprint density at radius 2 is 1.79 bits per heavy atom. The third-order valence-electron chi connectivity index (χ3n) is 5.64. The highest BCUT2D eigenvalue weighted by Crippen LogP contribution is 2.36. The Labute approximate surface area is 193 Å². The van der Waals surface area contributed by atoms with Crippen molar-refractivity contribution < 1.29 is 37.0 Å². The van der Waals surface area contributed by atoms with Gasteiger partial charge >= 0.3 is 6.18 Å². The highest BCUT2D eigenvalue weighted by molar-refractivity contribution is 6.12. The number of nitrogens with zero attached hydrogens (tertiary/aromatic N) is 1. The van der Waals surface area contributed by atoms with Crippen LogP contribution in [0, 0.1) is 6.92 Å². The van der Waals surface area contributed by atoms with Gasteiger partial charge in [0.1, 0.15) is 12.3 Å². The van der Waals surface area contributed by atoms with Crippen molar-refractivity contribution in [3.05, 3.63) is 53.2 Å². The minimum atomic E-state index is -5.02. The van der Waals surface area contributed by atoms with Crippen molar-refractivity contribution in [2.45, 2.75) is 32.6 Å². The average Bonchev–Trinajstić information content (AvgIpc) is 2.93. The predicted molar refractivity (Wildman–Crippen MR) is 118 cm³/mol. The van der Waals surface area contributed by atoms with E-state index < -0.39 is 23.4 Å². The second kappa shape index (κ2) is 9.28. The van der Waals surface area contributed by atoms with Crippen LogP contribution in [-0.2, 0) is 17.9 Å². The number of aromatic nitrogens is 1. The number of para-hydroxylation sites is 1. The summed E-state index contributed by atoms with van der Waals surface area (Å²) in [6, 6.07) is 9.64. The summed E-state index contributed by atoms with van der Waals surface area (Å²) in [5.41, 5.74) is 0.658. The van der Waals surface area contributed by atoms with Gasteiger partial charge in [-0.15, -0.1) is 0 Å². The van der Waals surface area contributed by atoms with Gasteiger partial charge in [-0.1, -0.05) is 18.2 Å². The van der Waals surface area contributed by atoms with E-state index in [4.69, 9.17) is 14.2 Å². The molecule has 1 aliphatic heterocycles. The van der Waals surface area contributed by atoms with Crippen LogP contribution < -0.4 is 19.5 Å². The van der Waals surface area contributed by atoms with Gasteiger partial charge in [0.2, 0.25) is 5.91 Å². The summed E-state index contributed by atoms with van der Waals surface area (Å²) in [7, 11) is 1.50. The molecule has 10 heteroatoms. The smallest absolute Gasteiger partial charge is 0.454 e. The first kappa shape index (κ1) is 23.5. The molecule has 2 heterocycles. The highest BCUT2D eigenvalue weighted by Gasteiger charge is 2.42. The molecule has 0 unspecified atom stereocenters. The molecule has 0 bridgehead atoms. The standard InChI is InChI=1S/C24H23F3N2O5/c1-14-22(23(31)24(25,26)27)16-6-3-4-7-17(16)29(14)13-21(30)28-12-15-10-19-20(11-18(15)32-2)34-9-5-8-33-19/h3-4,6-7,10-11H,5,8-9,12-13H2,1-2H3,(H,28,30). The van der Waals surface area contributed by atoms with Crippen LogP contribution in [0.5, 0.6) is 17.2 Å². The summed E-state index contributed by atoms with van der Waals surface area (Å²) in [6.45, 7) is 2.27. The molecule has 0 saturated carbocycles. The second-order valence-corrected chi connectivity index (χ2v) is 7.83. The van der Waals surface area contributed by atoms with E-state index in [9.17, 15) is 22.8 Å². The number of carbonyl (C=O) groups is 2. The molecule has 1 amide bonds. The van der Waals surface area contributed by atoms with Crippen LogP contribution >= 0.6 is 0 Å². The number of halogens is 3. The molecule has 34 heavy (non-hydrogen) atoms. The molecule has 0 aliphatic carbocycles. The molecule has 2 aromatic carbocycles. The van der Waals surface area contributed by atoms with Crippen LogP contribution in [0.4, 0.5) is 13.2 Å². The lowest BCUT2D eigenvalue weighted by Crippen LogP contribution is -2.28. The van der Waals surface area contributed by atoms with E-state index in [-0.39, 0.29) is 24.2 Å². The van der Waals surface area contributed by atoms with Gasteiger partial charge in [0.15, 0.2) is 11.5 Å². The summed E-state index contributed by atoms with van der Waals surface area (Å²) in [5, 5.41) is 2.91. The maximum atomic E-state index is 13.2. The number of hydrogen-bond donors (Lipinski definition) is 1. The number of hydrogen-bond acceptors (Lipinski definition) is 5. The molecular weight excluding hydrogens is 453 g/mol. The number of fused-ring (bicyclic) bond motifs is 2. The third-order valence-corrected chi connectivity index (χ3v) is 5.64. The summed E-state index contributed by atoms with van der Waals surface area (Å²) >= 11 is 0. The highest BCUT2D eigenvalue weighted by atomic mass is 19.4. The number of benzene rings is 2. The fourth-order valence-electron chi connectivity index (χ4n) is 4.02. The lowest BCUT2D eigenvalue weighted by Gasteiger charge is -2.15. The van der Waals surface area contributed by atoms with E-state index in [1.54, 1.807) is 30.3 Å². The molecule has 0 atom stereocenters. The van der Waals surface area contributed by atoms with Crippen LogP contribution in [0.15, 0.2) is 36.4 Å². The Morgan fingerprint density at radius 3 is 2.47 bits per heavy atom. The second-order valence-electron chi connectivity index (χ2n) is 7.83. The summed E-state index contributed by atoms with van der Waals surface area (Å²) in [5.74, 6) is -0.766. The number of nitrogens with one attached hydrogen (secondary N) is 1. The number of methoxy groups -OCH3 is 1. The monoisotopic (exact) mass is 476 g/mol. The Kier molecular flexibility index (Phi) is 6.41. The Morgan fingerprint density at radius 1 is 1.12 bits per heavy atom. The topological polar surface area (TPSA) is 78.8 Å². The van der Waals surface area contributed by atoms with Crippen LogP contribution in [0.25, 0.3) is 10.9 Å². The van der Waals surface area contributed by atoms with Gasteiger partial charge in [0.05, 0.1) is 25.9 Å². The normalized spacial score (nSPS) is 13.4. The van der Waals surface area contributed by atoms with Crippen molar-refractivity contribution in [2.24, 2.45) is 0 Å². The van der Waals surface area contributed by atoms with Crippen LogP contribution in [0.2, 0.25) is 0 Å². The largest absolute Gasteiger partial charge is 0.496 e. The molecule has 3 aromatic rings. The number of Topliss-reactive ketones (excluding diaryl/α,β-unsaturated/α-hetero) is 1. The molecule has 7 nitrogen and oxygen atoms in total. The number of ketones is 1. The van der Waals surface area contributed by atoms with Crippen molar-refractivity contribution in [1.82, 2.24) is 9.88 Å². The minimum absolute atomic E-state index is 0.0758. The van der Waals surface area contributed by atoms with Crippen molar-refractivity contribution >= 4 is 22.6 Å². The van der Waals surface area contributed by atoms with E-state index in [2.05, 4.69) is 5.32 Å². The molecule has 1 aromatic heterocycles. The van der Waals surface area contributed by atoms with Crippen molar-refractivity contribution in [3.8, 4) is 17.2 Å². The van der Waals surface area contributed by atoms with E-state index in [1.165, 1.54) is 24.7 Å². The van der Waals surface area contributed by atoms with Gasteiger partial charge in [0.25, 0.3) is 5.78 Å². The van der Waals surface area contributed by atoms with E-state index in [1.807, 2.05) is 0 Å². The molecule has 0 saturated heterocycles. The van der Waals surface area contributed by atoms with Gasteiger partial charge < -0.3 is 24.1 Å². The zero-order chi connectivity index (χ0) is 24.5. The van der Waals surface area contributed by atoms with E-state index in [0.29, 0.717) is 41.5 Å². The molecule has 1 N–H and O–H groups in total. The number of alkyl halides is 3. The minimum Gasteiger partial charge on any atom is -0.496 e. The molecule has 1 aliphatic rings. The van der Waals surface area contributed by atoms with Crippen LogP contribution in [0.3, 0.4) is 0 Å². The van der Waals surface area contributed by atoms with E-state index >= 15 is 0 Å². The molecule has 0 spiro atoms. The first-order chi connectivity index (χ1) is 16.2. The molecule has 0 fully saturated rings. The van der Waals surface area contributed by atoms with Crippen molar-refractivity contribution in [1.29, 1.82) is 0 Å². The Bertz CT molecular complexity index is 1250. The molecular formula is C24H23F3N2O5. The quantitative estimate of drug-likeness (QED) is 0.540. The maximum absolute atomic E-state index is 13.2. The fraction of sp³-hybridized carbons (Fsp3) is 0.333. The summed E-state index contributed by atoms with van der Waals surface area (Å²) in [6.07, 6.45) is -4.28. The first-order valence-electron chi connectivity index (χ1n) is 10.6. The SMILES string of the molecule is COc1cc2c(cc1CNC(=O)Cn1c(C)c(C(=O)C(F)(F)F)c3ccccc31)OCCCO2. The molecule has 0 radical (unpaired) electrons. The number of rotatable bonds is 6. The lowest BCUT2D eigenvalue weighted by atomic mass is 10.1. The average molecular weight is 476 g/mol. The third kappa shape index (κ3) is 4.52. The van der Waals surface area contributed by atoms with Gasteiger partial charge in [-0.25, -0.2) is 0 Å². The lowest BCUT2D eigenvalue weighted by molar-refractivity contribution is -0.121. The predicted octanol–water partition coefficient (Wildman–Crippen LogP) is 4.18. The zero-order valence-electron chi connectivity index (χ0n) is 18.6. The van der Waals surface area contributed by atoms with Crippen LogP contribution in [-0.4, -0.2) is 42.8 Å². The summed E-state index contributed by atoms with van der Waals surface area (Å²) < 4.78 is 57.7. The Hall–Kier alpha value is -3.69. The van der Waals surface area contributed by atoms with Crippen molar-refractivity contribution in [3.63, 3.8) is 0 Å². The first-order valence-corrected chi connectivity index (χ1v) is 10.6. The number of ether oxygens (including phenoxy) is 3. The Balaban J connectivity index is 1.57. The van der Waals surface area contributed by atoms with Gasteiger partial charge in [-0.3, -0.25) is 9.59 Å². The molecule has 180 valence electrons. The zero-order valence-corrected chi connectivity index (χ0v) is 18.6. The summed E-state index contributed by atoms with van der Waals surface area (Å²) in [4.78, 5) is 24.8. The maximum Gasteiger partial charge on any atom is 0.454 e. The molecule has 4 rings (SSSR count). The number of amides is 1. The van der Waals surface area contributed by atoms with E-state index in [0.717, 1.165) is 6.42 Å². The fourth-order valence-corrected chi connectivity index (χ4v) is 4.02. The van der Waals surface area contributed by atoms with Gasteiger partial charge in [0, 0.05) is 41.2 Å². The van der Waals surface area contributed by atoms with Gasteiger partial charge in [-0.05, 0) is 19.1 Å². The van der Waals surface area contributed by atoms with Crippen molar-refractivity contribution in [2.75, 3.05) is 20.3 Å².